The maximum atomic E-state index is 12.2. The van der Waals surface area contributed by atoms with Gasteiger partial charge in [-0.3, -0.25) is 9.69 Å². The second kappa shape index (κ2) is 9.84. The van der Waals surface area contributed by atoms with E-state index in [0.29, 0.717) is 44.7 Å². The topological polar surface area (TPSA) is 73.9 Å². The van der Waals surface area contributed by atoms with E-state index >= 15 is 0 Å². The summed E-state index contributed by atoms with van der Waals surface area (Å²) in [6.07, 6.45) is 4.69. The highest BCUT2D eigenvalue weighted by Crippen LogP contribution is 2.23. The predicted octanol–water partition coefficient (Wildman–Crippen LogP) is 0.655. The zero-order valence-corrected chi connectivity index (χ0v) is 15.1. The number of carbonyl (C=O) groups excluding carboxylic acids is 2. The number of nitrogens with zero attached hydrogens (tertiary/aromatic N) is 2. The van der Waals surface area contributed by atoms with E-state index in [2.05, 4.69) is 22.5 Å². The molecule has 2 fully saturated rings. The SMILES string of the molecule is COCCNC(=O)N1CCN(CC(=O)N[C@@H]2CCC[C@@H](C)C2)CC1. The van der Waals surface area contributed by atoms with Gasteiger partial charge in [-0.15, -0.1) is 0 Å². The van der Waals surface area contributed by atoms with Gasteiger partial charge in [0.25, 0.3) is 0 Å². The van der Waals surface area contributed by atoms with Gasteiger partial charge in [-0.25, -0.2) is 4.79 Å². The fraction of sp³-hybridized carbons (Fsp3) is 0.882. The van der Waals surface area contributed by atoms with Crippen molar-refractivity contribution in [1.82, 2.24) is 20.4 Å². The molecule has 0 spiro atoms. The molecule has 1 saturated carbocycles. The number of amides is 3. The smallest absolute Gasteiger partial charge is 0.317 e. The molecule has 1 heterocycles. The Morgan fingerprint density at radius 1 is 1.17 bits per heavy atom. The van der Waals surface area contributed by atoms with Crippen molar-refractivity contribution in [3.63, 3.8) is 0 Å². The lowest BCUT2D eigenvalue weighted by Crippen LogP contribution is -2.54. The average molecular weight is 340 g/mol. The highest BCUT2D eigenvalue weighted by atomic mass is 16.5. The molecule has 1 saturated heterocycles. The summed E-state index contributed by atoms with van der Waals surface area (Å²) >= 11 is 0. The van der Waals surface area contributed by atoms with Crippen LogP contribution in [0.2, 0.25) is 0 Å². The lowest BCUT2D eigenvalue weighted by molar-refractivity contribution is -0.123. The Hall–Kier alpha value is -1.34. The molecule has 3 amide bonds. The summed E-state index contributed by atoms with van der Waals surface area (Å²) < 4.78 is 4.92. The van der Waals surface area contributed by atoms with E-state index in [9.17, 15) is 9.59 Å². The van der Waals surface area contributed by atoms with Gasteiger partial charge >= 0.3 is 6.03 Å². The molecule has 1 aliphatic heterocycles. The summed E-state index contributed by atoms with van der Waals surface area (Å²) in [6, 6.07) is 0.293. The molecule has 138 valence electrons. The summed E-state index contributed by atoms with van der Waals surface area (Å²) in [5.74, 6) is 0.830. The molecule has 0 aromatic rings. The fourth-order valence-electron chi connectivity index (χ4n) is 3.52. The van der Waals surface area contributed by atoms with E-state index in [4.69, 9.17) is 4.74 Å². The van der Waals surface area contributed by atoms with Crippen LogP contribution >= 0.6 is 0 Å². The number of urea groups is 1. The zero-order chi connectivity index (χ0) is 17.4. The first-order valence-corrected chi connectivity index (χ1v) is 9.12. The molecule has 2 N–H and O–H groups in total. The number of hydrogen-bond donors (Lipinski definition) is 2. The minimum Gasteiger partial charge on any atom is -0.383 e. The molecule has 0 radical (unpaired) electrons. The van der Waals surface area contributed by atoms with E-state index in [0.717, 1.165) is 25.9 Å². The van der Waals surface area contributed by atoms with Crippen LogP contribution in [0.5, 0.6) is 0 Å². The van der Waals surface area contributed by atoms with E-state index in [1.165, 1.54) is 12.8 Å². The molecular weight excluding hydrogens is 308 g/mol. The standard InChI is InChI=1S/C17H32N4O3/c1-14-4-3-5-15(12-14)19-16(22)13-20-7-9-21(10-8-20)17(23)18-6-11-24-2/h14-15H,3-13H2,1-2H3,(H,18,23)(H,19,22)/t14-,15-/m1/s1. The Balaban J connectivity index is 1.63. The van der Waals surface area contributed by atoms with Crippen LogP contribution in [0.1, 0.15) is 32.6 Å². The first-order valence-electron chi connectivity index (χ1n) is 9.12. The molecule has 0 aromatic heterocycles. The van der Waals surface area contributed by atoms with Crippen molar-refractivity contribution >= 4 is 11.9 Å². The Labute approximate surface area is 145 Å². The number of piperazine rings is 1. The minimum absolute atomic E-state index is 0.0488. The molecule has 24 heavy (non-hydrogen) atoms. The number of nitrogens with one attached hydrogen (secondary N) is 2. The molecule has 0 aromatic carbocycles. The Kier molecular flexibility index (Phi) is 7.78. The van der Waals surface area contributed by atoms with Crippen molar-refractivity contribution in [3.8, 4) is 0 Å². The van der Waals surface area contributed by atoms with E-state index in [1.54, 1.807) is 12.0 Å². The van der Waals surface area contributed by atoms with E-state index in [1.807, 2.05) is 0 Å². The minimum atomic E-state index is -0.0488. The van der Waals surface area contributed by atoms with Gasteiger partial charge in [0, 0.05) is 45.9 Å². The van der Waals surface area contributed by atoms with Gasteiger partial charge in [0.15, 0.2) is 0 Å². The third-order valence-corrected chi connectivity index (χ3v) is 4.91. The van der Waals surface area contributed by atoms with Crippen LogP contribution in [0.25, 0.3) is 0 Å². The van der Waals surface area contributed by atoms with Crippen LogP contribution in [0, 0.1) is 5.92 Å². The molecule has 1 aliphatic carbocycles. The molecular formula is C17H32N4O3. The molecule has 2 atom stereocenters. The quantitative estimate of drug-likeness (QED) is 0.697. The summed E-state index contributed by atoms with van der Waals surface area (Å²) in [6.45, 7) is 6.54. The Morgan fingerprint density at radius 3 is 2.58 bits per heavy atom. The summed E-state index contributed by atoms with van der Waals surface area (Å²) in [7, 11) is 1.62. The molecule has 7 nitrogen and oxygen atoms in total. The van der Waals surface area contributed by atoms with Crippen molar-refractivity contribution in [3.05, 3.63) is 0 Å². The lowest BCUT2D eigenvalue weighted by atomic mass is 9.87. The van der Waals surface area contributed by atoms with Gasteiger partial charge in [0.2, 0.25) is 5.91 Å². The average Bonchev–Trinajstić information content (AvgIpc) is 2.55. The van der Waals surface area contributed by atoms with Gasteiger partial charge in [0.1, 0.15) is 0 Å². The predicted molar refractivity (Wildman–Crippen MR) is 92.9 cm³/mol. The van der Waals surface area contributed by atoms with Crippen molar-refractivity contribution in [2.24, 2.45) is 5.92 Å². The second-order valence-corrected chi connectivity index (χ2v) is 7.02. The largest absolute Gasteiger partial charge is 0.383 e. The summed E-state index contributed by atoms with van der Waals surface area (Å²) in [4.78, 5) is 28.1. The van der Waals surface area contributed by atoms with Crippen LogP contribution in [0.3, 0.4) is 0 Å². The first kappa shape index (κ1) is 19.0. The Morgan fingerprint density at radius 2 is 1.92 bits per heavy atom. The third kappa shape index (κ3) is 6.28. The molecule has 2 rings (SSSR count). The molecule has 7 heteroatoms. The first-order chi connectivity index (χ1) is 11.6. The van der Waals surface area contributed by atoms with Crippen LogP contribution in [0.4, 0.5) is 4.79 Å². The van der Waals surface area contributed by atoms with E-state index in [-0.39, 0.29) is 11.9 Å². The second-order valence-electron chi connectivity index (χ2n) is 7.02. The van der Waals surface area contributed by atoms with Crippen molar-refractivity contribution in [2.75, 3.05) is 53.0 Å². The van der Waals surface area contributed by atoms with Gasteiger partial charge < -0.3 is 20.3 Å². The van der Waals surface area contributed by atoms with Crippen molar-refractivity contribution in [1.29, 1.82) is 0 Å². The Bertz CT molecular complexity index is 411. The number of carbonyl (C=O) groups is 2. The van der Waals surface area contributed by atoms with Gasteiger partial charge in [0.05, 0.1) is 13.2 Å². The summed E-state index contributed by atoms with van der Waals surface area (Å²) in [5.41, 5.74) is 0. The third-order valence-electron chi connectivity index (χ3n) is 4.91. The lowest BCUT2D eigenvalue weighted by Gasteiger charge is -2.35. The zero-order valence-electron chi connectivity index (χ0n) is 15.1. The normalized spacial score (nSPS) is 25.3. The number of methoxy groups -OCH3 is 1. The number of rotatable bonds is 6. The van der Waals surface area contributed by atoms with Crippen LogP contribution in [0.15, 0.2) is 0 Å². The molecule has 2 aliphatic rings. The highest BCUT2D eigenvalue weighted by Gasteiger charge is 2.24. The van der Waals surface area contributed by atoms with Crippen LogP contribution in [-0.4, -0.2) is 80.8 Å². The maximum Gasteiger partial charge on any atom is 0.317 e. The molecule has 0 bridgehead atoms. The van der Waals surface area contributed by atoms with Gasteiger partial charge in [-0.05, 0) is 18.8 Å². The number of hydrogen-bond acceptors (Lipinski definition) is 4. The van der Waals surface area contributed by atoms with E-state index < -0.39 is 0 Å². The van der Waals surface area contributed by atoms with Crippen LogP contribution < -0.4 is 10.6 Å². The van der Waals surface area contributed by atoms with Gasteiger partial charge in [-0.2, -0.15) is 0 Å². The number of ether oxygens (including phenoxy) is 1. The summed E-state index contributed by atoms with van der Waals surface area (Å²) in [5, 5.41) is 6.01. The molecule has 0 unspecified atom stereocenters. The van der Waals surface area contributed by atoms with Crippen molar-refractivity contribution in [2.45, 2.75) is 38.6 Å². The van der Waals surface area contributed by atoms with Gasteiger partial charge in [-0.1, -0.05) is 19.8 Å². The highest BCUT2D eigenvalue weighted by molar-refractivity contribution is 5.78. The monoisotopic (exact) mass is 340 g/mol. The van der Waals surface area contributed by atoms with Crippen molar-refractivity contribution < 1.29 is 14.3 Å². The van der Waals surface area contributed by atoms with Crippen LogP contribution in [-0.2, 0) is 9.53 Å². The fourth-order valence-corrected chi connectivity index (χ4v) is 3.52. The maximum absolute atomic E-state index is 12.2.